The van der Waals surface area contributed by atoms with Crippen LogP contribution in [-0.4, -0.2) is 6.04 Å². The number of hydrogen-bond acceptors (Lipinski definition) is 1. The smallest absolute Gasteiger partial charge is 0.0342 e. The van der Waals surface area contributed by atoms with Gasteiger partial charge in [-0.05, 0) is 44.2 Å². The lowest BCUT2D eigenvalue weighted by Crippen LogP contribution is -2.20. The van der Waals surface area contributed by atoms with Gasteiger partial charge in [-0.15, -0.1) is 0 Å². The minimum Gasteiger partial charge on any atom is -0.382 e. The third-order valence-electron chi connectivity index (χ3n) is 3.03. The summed E-state index contributed by atoms with van der Waals surface area (Å²) in [6.45, 7) is 4.39. The maximum Gasteiger partial charge on any atom is 0.0342 e. The molecule has 1 heteroatoms. The van der Waals surface area contributed by atoms with Crippen molar-refractivity contribution in [2.45, 2.75) is 39.2 Å². The third kappa shape index (κ3) is 2.28. The van der Waals surface area contributed by atoms with E-state index < -0.39 is 0 Å². The highest BCUT2D eigenvalue weighted by molar-refractivity contribution is 5.45. The van der Waals surface area contributed by atoms with E-state index in [1.807, 2.05) is 0 Å². The number of hydrogen-bond donors (Lipinski definition) is 1. The van der Waals surface area contributed by atoms with Crippen molar-refractivity contribution in [3.8, 4) is 0 Å². The number of anilines is 1. The molecule has 1 fully saturated rings. The fraction of sp³-hybridized carbons (Fsp3) is 0.538. The number of nitrogens with one attached hydrogen (secondary N) is 1. The molecule has 1 unspecified atom stereocenters. The largest absolute Gasteiger partial charge is 0.382 e. The molecule has 0 aliphatic heterocycles. The second-order valence-electron chi connectivity index (χ2n) is 4.36. The van der Waals surface area contributed by atoms with Crippen molar-refractivity contribution in [2.75, 3.05) is 5.32 Å². The van der Waals surface area contributed by atoms with Gasteiger partial charge in [0.1, 0.15) is 0 Å². The first-order valence-corrected chi connectivity index (χ1v) is 5.63. The first-order valence-electron chi connectivity index (χ1n) is 5.63. The van der Waals surface area contributed by atoms with E-state index in [1.165, 1.54) is 30.5 Å². The van der Waals surface area contributed by atoms with Gasteiger partial charge in [0.2, 0.25) is 0 Å². The van der Waals surface area contributed by atoms with Crippen molar-refractivity contribution in [2.24, 2.45) is 5.92 Å². The van der Waals surface area contributed by atoms with Crippen LogP contribution < -0.4 is 5.32 Å². The molecule has 0 bridgehead atoms. The van der Waals surface area contributed by atoms with Crippen LogP contribution in [-0.2, 0) is 0 Å². The SMILES string of the molecule is CCC(Nc1ccc(C)cc1)C1CC1. The maximum absolute atomic E-state index is 3.62. The molecule has 0 heterocycles. The lowest BCUT2D eigenvalue weighted by atomic mass is 10.1. The molecule has 1 aliphatic rings. The summed E-state index contributed by atoms with van der Waals surface area (Å²) < 4.78 is 0. The van der Waals surface area contributed by atoms with Crippen molar-refractivity contribution >= 4 is 5.69 Å². The van der Waals surface area contributed by atoms with E-state index in [9.17, 15) is 0 Å². The van der Waals surface area contributed by atoms with E-state index >= 15 is 0 Å². The molecule has 14 heavy (non-hydrogen) atoms. The van der Waals surface area contributed by atoms with Crippen LogP contribution in [0.25, 0.3) is 0 Å². The zero-order valence-corrected chi connectivity index (χ0v) is 9.09. The van der Waals surface area contributed by atoms with Gasteiger partial charge in [0, 0.05) is 11.7 Å². The normalized spacial score (nSPS) is 17.9. The number of aryl methyl sites for hydroxylation is 1. The van der Waals surface area contributed by atoms with Crippen molar-refractivity contribution < 1.29 is 0 Å². The first kappa shape index (κ1) is 9.57. The molecule has 1 nitrogen and oxygen atoms in total. The van der Waals surface area contributed by atoms with Gasteiger partial charge in [0.05, 0.1) is 0 Å². The molecule has 2 rings (SSSR count). The van der Waals surface area contributed by atoms with Crippen molar-refractivity contribution in [1.82, 2.24) is 0 Å². The fourth-order valence-electron chi connectivity index (χ4n) is 1.92. The molecule has 0 radical (unpaired) electrons. The summed E-state index contributed by atoms with van der Waals surface area (Å²) in [5.74, 6) is 0.932. The van der Waals surface area contributed by atoms with Gasteiger partial charge in [-0.1, -0.05) is 24.6 Å². The molecule has 76 valence electrons. The van der Waals surface area contributed by atoms with Crippen LogP contribution >= 0.6 is 0 Å². The van der Waals surface area contributed by atoms with Crippen LogP contribution in [0.4, 0.5) is 5.69 Å². The van der Waals surface area contributed by atoms with Crippen molar-refractivity contribution in [1.29, 1.82) is 0 Å². The van der Waals surface area contributed by atoms with Crippen LogP contribution in [0.2, 0.25) is 0 Å². The maximum atomic E-state index is 3.62. The van der Waals surface area contributed by atoms with Crippen molar-refractivity contribution in [3.05, 3.63) is 29.8 Å². The molecular formula is C13H19N. The van der Waals surface area contributed by atoms with Crippen LogP contribution in [0.1, 0.15) is 31.7 Å². The topological polar surface area (TPSA) is 12.0 Å². The second kappa shape index (κ2) is 4.04. The molecule has 0 amide bonds. The van der Waals surface area contributed by atoms with Gasteiger partial charge in [-0.3, -0.25) is 0 Å². The number of rotatable bonds is 4. The van der Waals surface area contributed by atoms with Gasteiger partial charge < -0.3 is 5.32 Å². The quantitative estimate of drug-likeness (QED) is 0.763. The summed E-state index contributed by atoms with van der Waals surface area (Å²) in [5.41, 5.74) is 2.60. The fourth-order valence-corrected chi connectivity index (χ4v) is 1.92. The molecule has 0 saturated heterocycles. The zero-order valence-electron chi connectivity index (χ0n) is 9.09. The Morgan fingerprint density at radius 2 is 1.93 bits per heavy atom. The van der Waals surface area contributed by atoms with E-state index in [1.54, 1.807) is 0 Å². The van der Waals surface area contributed by atoms with Crippen LogP contribution in [0, 0.1) is 12.8 Å². The monoisotopic (exact) mass is 189 g/mol. The Morgan fingerprint density at radius 1 is 1.29 bits per heavy atom. The second-order valence-corrected chi connectivity index (χ2v) is 4.36. The molecular weight excluding hydrogens is 170 g/mol. The summed E-state index contributed by atoms with van der Waals surface area (Å²) in [4.78, 5) is 0. The molecule has 1 aliphatic carbocycles. The highest BCUT2D eigenvalue weighted by atomic mass is 14.9. The highest BCUT2D eigenvalue weighted by Gasteiger charge is 2.29. The van der Waals surface area contributed by atoms with E-state index in [0.717, 1.165) is 5.92 Å². The average Bonchev–Trinajstić information content (AvgIpc) is 3.01. The Morgan fingerprint density at radius 3 is 2.43 bits per heavy atom. The standard InChI is InChI=1S/C13H19N/c1-3-13(11-6-7-11)14-12-8-4-10(2)5-9-12/h4-5,8-9,11,13-14H,3,6-7H2,1-2H3. The molecule has 1 aromatic carbocycles. The number of benzene rings is 1. The van der Waals surface area contributed by atoms with Gasteiger partial charge in [-0.25, -0.2) is 0 Å². The Bertz CT molecular complexity index is 285. The summed E-state index contributed by atoms with van der Waals surface area (Å²) in [7, 11) is 0. The Balaban J connectivity index is 1.98. The zero-order chi connectivity index (χ0) is 9.97. The molecule has 1 aromatic rings. The highest BCUT2D eigenvalue weighted by Crippen LogP contribution is 2.35. The summed E-state index contributed by atoms with van der Waals surface area (Å²) in [6, 6.07) is 9.39. The van der Waals surface area contributed by atoms with E-state index in [2.05, 4.69) is 43.4 Å². The summed E-state index contributed by atoms with van der Waals surface area (Å²) in [6.07, 6.45) is 4.06. The van der Waals surface area contributed by atoms with E-state index in [0.29, 0.717) is 6.04 Å². The average molecular weight is 189 g/mol. The molecule has 0 spiro atoms. The predicted octanol–water partition coefficient (Wildman–Crippen LogP) is 3.60. The molecule has 1 saturated carbocycles. The predicted molar refractivity (Wildman–Crippen MR) is 61.6 cm³/mol. The van der Waals surface area contributed by atoms with Crippen LogP contribution in [0.15, 0.2) is 24.3 Å². The minimum absolute atomic E-state index is 0.692. The van der Waals surface area contributed by atoms with Gasteiger partial charge >= 0.3 is 0 Å². The summed E-state index contributed by atoms with van der Waals surface area (Å²) >= 11 is 0. The third-order valence-corrected chi connectivity index (χ3v) is 3.03. The van der Waals surface area contributed by atoms with Gasteiger partial charge in [0.25, 0.3) is 0 Å². The molecule has 1 N–H and O–H groups in total. The first-order chi connectivity index (χ1) is 6.79. The van der Waals surface area contributed by atoms with Gasteiger partial charge in [-0.2, -0.15) is 0 Å². The molecule has 1 atom stereocenters. The van der Waals surface area contributed by atoms with Gasteiger partial charge in [0.15, 0.2) is 0 Å². The Hall–Kier alpha value is -0.980. The molecule has 0 aromatic heterocycles. The van der Waals surface area contributed by atoms with Crippen molar-refractivity contribution in [3.63, 3.8) is 0 Å². The minimum atomic E-state index is 0.692. The Labute approximate surface area is 86.5 Å². The van der Waals surface area contributed by atoms with E-state index in [4.69, 9.17) is 0 Å². The van der Waals surface area contributed by atoms with Crippen LogP contribution in [0.5, 0.6) is 0 Å². The lowest BCUT2D eigenvalue weighted by Gasteiger charge is -2.17. The summed E-state index contributed by atoms with van der Waals surface area (Å²) in [5, 5.41) is 3.62. The van der Waals surface area contributed by atoms with Crippen LogP contribution in [0.3, 0.4) is 0 Å². The lowest BCUT2D eigenvalue weighted by molar-refractivity contribution is 0.616. The Kier molecular flexibility index (Phi) is 2.76. The van der Waals surface area contributed by atoms with E-state index in [-0.39, 0.29) is 0 Å².